The number of benzene rings is 1. The maximum atomic E-state index is 11.6. The number of primary amides is 1. The summed E-state index contributed by atoms with van der Waals surface area (Å²) >= 11 is 0. The Balaban J connectivity index is 2.11. The average molecular weight is 285 g/mol. The van der Waals surface area contributed by atoms with Gasteiger partial charge in [-0.05, 0) is 24.8 Å². The Morgan fingerprint density at radius 3 is 2.67 bits per heavy atom. The highest BCUT2D eigenvalue weighted by Gasteiger charge is 2.37. The van der Waals surface area contributed by atoms with Gasteiger partial charge >= 0.3 is 5.97 Å². The van der Waals surface area contributed by atoms with Crippen molar-refractivity contribution in [2.45, 2.75) is 18.9 Å². The molecule has 0 bridgehead atoms. The van der Waals surface area contributed by atoms with Crippen LogP contribution < -0.4 is 11.1 Å². The van der Waals surface area contributed by atoms with Gasteiger partial charge in [0.2, 0.25) is 0 Å². The number of nitrogens with zero attached hydrogens (tertiary/aromatic N) is 1. The van der Waals surface area contributed by atoms with Crippen LogP contribution in [0, 0.1) is 5.92 Å². The molecule has 0 saturated heterocycles. The molecule has 0 aliphatic heterocycles. The summed E-state index contributed by atoms with van der Waals surface area (Å²) in [5, 5.41) is 13.0. The molecule has 1 aliphatic carbocycles. The molecule has 1 heterocycles. The zero-order valence-corrected chi connectivity index (χ0v) is 11.2. The summed E-state index contributed by atoms with van der Waals surface area (Å²) in [4.78, 5) is 27.2. The Labute approximate surface area is 121 Å². The molecular formula is C15H15N3O3. The van der Waals surface area contributed by atoms with E-state index in [1.165, 1.54) is 6.20 Å². The predicted molar refractivity (Wildman–Crippen MR) is 78.0 cm³/mol. The van der Waals surface area contributed by atoms with E-state index in [2.05, 4.69) is 10.3 Å². The first kappa shape index (κ1) is 13.4. The molecule has 108 valence electrons. The van der Waals surface area contributed by atoms with Crippen molar-refractivity contribution in [3.8, 4) is 0 Å². The van der Waals surface area contributed by atoms with Crippen molar-refractivity contribution in [3.05, 3.63) is 36.0 Å². The average Bonchev–Trinajstić information content (AvgIpc) is 3.28. The van der Waals surface area contributed by atoms with Crippen LogP contribution >= 0.6 is 0 Å². The minimum absolute atomic E-state index is 0.0927. The summed E-state index contributed by atoms with van der Waals surface area (Å²) in [5.41, 5.74) is 6.73. The van der Waals surface area contributed by atoms with Gasteiger partial charge in [-0.25, -0.2) is 4.79 Å². The molecule has 4 N–H and O–H groups in total. The van der Waals surface area contributed by atoms with Crippen LogP contribution in [0.4, 0.5) is 5.69 Å². The van der Waals surface area contributed by atoms with Crippen LogP contribution in [0.2, 0.25) is 0 Å². The number of amides is 1. The lowest BCUT2D eigenvalue weighted by Crippen LogP contribution is -2.32. The molecule has 0 radical (unpaired) electrons. The highest BCUT2D eigenvalue weighted by molar-refractivity contribution is 6.07. The first-order chi connectivity index (χ1) is 10.1. The highest BCUT2D eigenvalue weighted by Crippen LogP contribution is 2.36. The maximum absolute atomic E-state index is 11.6. The number of hydrogen-bond donors (Lipinski definition) is 3. The van der Waals surface area contributed by atoms with Crippen LogP contribution in [0.3, 0.4) is 0 Å². The number of carbonyl (C=O) groups excluding carboxylic acids is 1. The topological polar surface area (TPSA) is 105 Å². The van der Waals surface area contributed by atoms with Crippen LogP contribution in [-0.2, 0) is 4.79 Å². The van der Waals surface area contributed by atoms with Crippen LogP contribution in [0.1, 0.15) is 23.2 Å². The monoisotopic (exact) mass is 285 g/mol. The molecule has 1 saturated carbocycles. The van der Waals surface area contributed by atoms with Crippen molar-refractivity contribution in [2.24, 2.45) is 11.7 Å². The smallest absolute Gasteiger partial charge is 0.326 e. The van der Waals surface area contributed by atoms with Gasteiger partial charge in [0.05, 0.1) is 16.8 Å². The molecule has 0 spiro atoms. The minimum atomic E-state index is -0.922. The first-order valence-electron chi connectivity index (χ1n) is 6.75. The molecule has 21 heavy (non-hydrogen) atoms. The van der Waals surface area contributed by atoms with Crippen LogP contribution in [0.15, 0.2) is 30.5 Å². The molecule has 1 atom stereocenters. The van der Waals surface area contributed by atoms with Crippen LogP contribution in [0.25, 0.3) is 10.9 Å². The van der Waals surface area contributed by atoms with Gasteiger partial charge in [-0.15, -0.1) is 0 Å². The second-order valence-electron chi connectivity index (χ2n) is 5.23. The number of nitrogens with one attached hydrogen (secondary N) is 1. The van der Waals surface area contributed by atoms with E-state index in [0.717, 1.165) is 12.8 Å². The summed E-state index contributed by atoms with van der Waals surface area (Å²) in [6, 6.07) is 6.53. The SMILES string of the molecule is NC(=O)c1cnc2ccccc2c1NC(C(=O)O)C1CC1. The second-order valence-corrected chi connectivity index (χ2v) is 5.23. The number of fused-ring (bicyclic) bond motifs is 1. The van der Waals surface area contributed by atoms with E-state index in [4.69, 9.17) is 5.73 Å². The van der Waals surface area contributed by atoms with E-state index in [1.54, 1.807) is 12.1 Å². The third kappa shape index (κ3) is 2.52. The standard InChI is InChI=1S/C15H15N3O3/c16-14(19)10-7-17-11-4-2-1-3-9(11)13(10)18-12(15(20)21)8-5-6-8/h1-4,7-8,12H,5-6H2,(H2,16,19)(H,17,18)(H,20,21). The number of hydrogen-bond acceptors (Lipinski definition) is 4. The Morgan fingerprint density at radius 1 is 1.33 bits per heavy atom. The Kier molecular flexibility index (Phi) is 3.21. The van der Waals surface area contributed by atoms with E-state index in [9.17, 15) is 14.7 Å². The highest BCUT2D eigenvalue weighted by atomic mass is 16.4. The van der Waals surface area contributed by atoms with Crippen molar-refractivity contribution in [2.75, 3.05) is 5.32 Å². The van der Waals surface area contributed by atoms with E-state index in [1.807, 2.05) is 12.1 Å². The van der Waals surface area contributed by atoms with E-state index in [-0.39, 0.29) is 11.5 Å². The fourth-order valence-corrected chi connectivity index (χ4v) is 2.45. The number of pyridine rings is 1. The van der Waals surface area contributed by atoms with E-state index >= 15 is 0 Å². The van der Waals surface area contributed by atoms with Gasteiger partial charge in [0.1, 0.15) is 6.04 Å². The quantitative estimate of drug-likeness (QED) is 0.774. The fourth-order valence-electron chi connectivity index (χ4n) is 2.45. The van der Waals surface area contributed by atoms with Gasteiger partial charge < -0.3 is 16.2 Å². The summed E-state index contributed by atoms with van der Waals surface area (Å²) in [6.45, 7) is 0. The number of aromatic nitrogens is 1. The molecule has 6 heteroatoms. The number of nitrogens with two attached hydrogens (primary N) is 1. The lowest BCUT2D eigenvalue weighted by molar-refractivity contribution is -0.138. The third-order valence-corrected chi connectivity index (χ3v) is 3.70. The molecule has 1 fully saturated rings. The summed E-state index contributed by atoms with van der Waals surface area (Å²) in [6.07, 6.45) is 3.14. The third-order valence-electron chi connectivity index (χ3n) is 3.70. The molecule has 6 nitrogen and oxygen atoms in total. The molecule has 2 aromatic rings. The lowest BCUT2D eigenvalue weighted by Gasteiger charge is -2.18. The molecular weight excluding hydrogens is 270 g/mol. The predicted octanol–water partition coefficient (Wildman–Crippen LogP) is 1.61. The van der Waals surface area contributed by atoms with Crippen molar-refractivity contribution in [1.29, 1.82) is 0 Å². The van der Waals surface area contributed by atoms with Gasteiger partial charge in [-0.1, -0.05) is 18.2 Å². The summed E-state index contributed by atoms with van der Waals surface area (Å²) in [7, 11) is 0. The first-order valence-corrected chi connectivity index (χ1v) is 6.75. The van der Waals surface area contributed by atoms with Gasteiger partial charge in [-0.3, -0.25) is 9.78 Å². The Bertz CT molecular complexity index is 725. The van der Waals surface area contributed by atoms with Gasteiger partial charge in [0.25, 0.3) is 5.91 Å². The number of aliphatic carboxylic acids is 1. The zero-order chi connectivity index (χ0) is 15.0. The lowest BCUT2D eigenvalue weighted by atomic mass is 10.1. The molecule has 1 amide bonds. The number of carboxylic acid groups (broad SMARTS) is 1. The number of carboxylic acids is 1. The van der Waals surface area contributed by atoms with E-state index < -0.39 is 17.9 Å². The number of anilines is 1. The van der Waals surface area contributed by atoms with E-state index in [0.29, 0.717) is 16.6 Å². The molecule has 1 aliphatic rings. The second kappa shape index (κ2) is 5.05. The van der Waals surface area contributed by atoms with Crippen molar-refractivity contribution >= 4 is 28.5 Å². The molecule has 1 aromatic carbocycles. The van der Waals surface area contributed by atoms with Gasteiger partial charge in [0.15, 0.2) is 0 Å². The fraction of sp³-hybridized carbons (Fsp3) is 0.267. The Hall–Kier alpha value is -2.63. The molecule has 3 rings (SSSR count). The maximum Gasteiger partial charge on any atom is 0.326 e. The summed E-state index contributed by atoms with van der Waals surface area (Å²) < 4.78 is 0. The summed E-state index contributed by atoms with van der Waals surface area (Å²) in [5.74, 6) is -1.46. The number of rotatable bonds is 5. The molecule has 1 unspecified atom stereocenters. The van der Waals surface area contributed by atoms with Crippen LogP contribution in [-0.4, -0.2) is 28.0 Å². The van der Waals surface area contributed by atoms with Crippen molar-refractivity contribution in [1.82, 2.24) is 4.98 Å². The number of para-hydroxylation sites is 1. The minimum Gasteiger partial charge on any atom is -0.480 e. The number of carbonyl (C=O) groups is 2. The normalized spacial score (nSPS) is 15.6. The largest absolute Gasteiger partial charge is 0.480 e. The van der Waals surface area contributed by atoms with Gasteiger partial charge in [-0.2, -0.15) is 0 Å². The van der Waals surface area contributed by atoms with Gasteiger partial charge in [0, 0.05) is 11.6 Å². The van der Waals surface area contributed by atoms with Crippen molar-refractivity contribution in [3.63, 3.8) is 0 Å². The Morgan fingerprint density at radius 2 is 2.05 bits per heavy atom. The molecule has 1 aromatic heterocycles. The zero-order valence-electron chi connectivity index (χ0n) is 11.2. The van der Waals surface area contributed by atoms with Crippen molar-refractivity contribution < 1.29 is 14.7 Å². The van der Waals surface area contributed by atoms with Crippen LogP contribution in [0.5, 0.6) is 0 Å².